The number of rotatable bonds is 13. The average Bonchev–Trinajstić information content (AvgIpc) is 2.69. The van der Waals surface area contributed by atoms with Crippen LogP contribution in [0, 0.1) is 0 Å². The summed E-state index contributed by atoms with van der Waals surface area (Å²) in [7, 11) is 4.56. The fourth-order valence-corrected chi connectivity index (χ4v) is 3.22. The first-order chi connectivity index (χ1) is 13.4. The lowest BCUT2D eigenvalue weighted by molar-refractivity contribution is -0.128. The molecule has 0 saturated heterocycles. The van der Waals surface area contributed by atoms with Gasteiger partial charge in [0.05, 0.1) is 27.4 Å². The van der Waals surface area contributed by atoms with E-state index in [1.807, 2.05) is 13.8 Å². The van der Waals surface area contributed by atoms with E-state index < -0.39 is 6.04 Å². The van der Waals surface area contributed by atoms with Crippen LogP contribution in [-0.4, -0.2) is 57.1 Å². The van der Waals surface area contributed by atoms with Crippen LogP contribution < -0.4 is 19.5 Å². The van der Waals surface area contributed by atoms with E-state index >= 15 is 0 Å². The molecule has 1 atom stereocenters. The van der Waals surface area contributed by atoms with Gasteiger partial charge in [-0.1, -0.05) is 20.8 Å². The summed E-state index contributed by atoms with van der Waals surface area (Å²) in [4.78, 5) is 27.4. The summed E-state index contributed by atoms with van der Waals surface area (Å²) in [6, 6.07) is 2.93. The van der Waals surface area contributed by atoms with Crippen molar-refractivity contribution in [1.29, 1.82) is 0 Å². The number of amides is 1. The number of ketones is 1. The van der Waals surface area contributed by atoms with E-state index in [1.165, 1.54) is 21.3 Å². The van der Waals surface area contributed by atoms with Crippen molar-refractivity contribution in [2.75, 3.05) is 39.7 Å². The van der Waals surface area contributed by atoms with Gasteiger partial charge in [0, 0.05) is 30.7 Å². The number of benzene rings is 1. The smallest absolute Gasteiger partial charge is 0.226 e. The van der Waals surface area contributed by atoms with Crippen molar-refractivity contribution in [3.63, 3.8) is 0 Å². The number of likely N-dealkylation sites (N-methyl/N-ethyl adjacent to an activating group) is 1. The molecule has 7 heteroatoms. The van der Waals surface area contributed by atoms with Crippen LogP contribution in [0.5, 0.6) is 17.2 Å². The van der Waals surface area contributed by atoms with Gasteiger partial charge in [0.1, 0.15) is 5.78 Å². The van der Waals surface area contributed by atoms with E-state index in [-0.39, 0.29) is 18.1 Å². The Kier molecular flexibility index (Phi) is 10.4. The summed E-state index contributed by atoms with van der Waals surface area (Å²) in [6.45, 7) is 7.57. The van der Waals surface area contributed by atoms with Gasteiger partial charge in [-0.15, -0.1) is 0 Å². The van der Waals surface area contributed by atoms with E-state index in [4.69, 9.17) is 14.2 Å². The zero-order chi connectivity index (χ0) is 21.1. The van der Waals surface area contributed by atoms with E-state index in [0.717, 1.165) is 25.9 Å². The normalized spacial score (nSPS) is 11.8. The lowest BCUT2D eigenvalue weighted by atomic mass is 10.0. The lowest BCUT2D eigenvalue weighted by Crippen LogP contribution is -2.43. The summed E-state index contributed by atoms with van der Waals surface area (Å²) >= 11 is 0. The second-order valence-electron chi connectivity index (χ2n) is 6.53. The Morgan fingerprint density at radius 1 is 1.00 bits per heavy atom. The van der Waals surface area contributed by atoms with Crippen molar-refractivity contribution in [3.05, 3.63) is 12.1 Å². The third-order valence-electron chi connectivity index (χ3n) is 4.55. The fraction of sp³-hybridized carbons (Fsp3) is 0.619. The molecule has 0 spiro atoms. The largest absolute Gasteiger partial charge is 0.493 e. The summed E-state index contributed by atoms with van der Waals surface area (Å²) in [5.74, 6) is 1.25. The highest BCUT2D eigenvalue weighted by atomic mass is 16.5. The van der Waals surface area contributed by atoms with E-state index in [0.29, 0.717) is 29.4 Å². The van der Waals surface area contributed by atoms with Gasteiger partial charge in [0.2, 0.25) is 11.7 Å². The lowest BCUT2D eigenvalue weighted by Gasteiger charge is -2.29. The highest BCUT2D eigenvalue weighted by Gasteiger charge is 2.26. The van der Waals surface area contributed by atoms with Gasteiger partial charge in [-0.25, -0.2) is 0 Å². The molecule has 0 aliphatic carbocycles. The molecule has 1 aromatic carbocycles. The second kappa shape index (κ2) is 12.2. The number of hydrogen-bond donors (Lipinski definition) is 1. The fourth-order valence-electron chi connectivity index (χ4n) is 3.22. The van der Waals surface area contributed by atoms with Crippen LogP contribution in [0.1, 0.15) is 46.5 Å². The standard InChI is InChI=1S/C21H34N2O5/c1-7-10-17(24)16(23(9-3)11-8-2)14-20(25)22-15-12-18(26-4)21(28-6)19(13-15)27-5/h12-13,16H,7-11,14H2,1-6H3,(H,22,25). The van der Waals surface area contributed by atoms with Crippen LogP contribution in [0.4, 0.5) is 5.69 Å². The Bertz CT molecular complexity index is 623. The number of methoxy groups -OCH3 is 3. The summed E-state index contributed by atoms with van der Waals surface area (Å²) in [6.07, 6.45) is 2.29. The van der Waals surface area contributed by atoms with Crippen LogP contribution in [0.2, 0.25) is 0 Å². The number of anilines is 1. The molecule has 1 N–H and O–H groups in total. The van der Waals surface area contributed by atoms with Crippen molar-refractivity contribution >= 4 is 17.4 Å². The van der Waals surface area contributed by atoms with Crippen molar-refractivity contribution < 1.29 is 23.8 Å². The minimum absolute atomic E-state index is 0.109. The molecule has 1 unspecified atom stereocenters. The number of Topliss-reactive ketones (excluding diaryl/α,β-unsaturated/α-hetero) is 1. The quantitative estimate of drug-likeness (QED) is 0.552. The van der Waals surface area contributed by atoms with Gasteiger partial charge in [-0.2, -0.15) is 0 Å². The van der Waals surface area contributed by atoms with Gasteiger partial charge < -0.3 is 19.5 Å². The molecule has 7 nitrogen and oxygen atoms in total. The molecule has 0 bridgehead atoms. The zero-order valence-electron chi connectivity index (χ0n) is 18.0. The van der Waals surface area contributed by atoms with Crippen LogP contribution in [0.15, 0.2) is 12.1 Å². The highest BCUT2D eigenvalue weighted by molar-refractivity contribution is 5.96. The first kappa shape index (κ1) is 23.8. The number of carbonyl (C=O) groups excluding carboxylic acids is 2. The van der Waals surface area contributed by atoms with Gasteiger partial charge >= 0.3 is 0 Å². The first-order valence-corrected chi connectivity index (χ1v) is 9.82. The van der Waals surface area contributed by atoms with Crippen LogP contribution in [0.25, 0.3) is 0 Å². The third kappa shape index (κ3) is 6.41. The Morgan fingerprint density at radius 2 is 1.61 bits per heavy atom. The zero-order valence-corrected chi connectivity index (χ0v) is 18.0. The number of ether oxygens (including phenoxy) is 3. The van der Waals surface area contributed by atoms with Crippen molar-refractivity contribution in [3.8, 4) is 17.2 Å². The van der Waals surface area contributed by atoms with E-state index in [2.05, 4.69) is 17.1 Å². The molecule has 0 heterocycles. The molecule has 0 aliphatic rings. The second-order valence-corrected chi connectivity index (χ2v) is 6.53. The third-order valence-corrected chi connectivity index (χ3v) is 4.55. The Morgan fingerprint density at radius 3 is 2.04 bits per heavy atom. The topological polar surface area (TPSA) is 77.1 Å². The average molecular weight is 395 g/mol. The number of carbonyl (C=O) groups is 2. The molecule has 28 heavy (non-hydrogen) atoms. The number of nitrogens with one attached hydrogen (secondary N) is 1. The van der Waals surface area contributed by atoms with Gasteiger partial charge in [-0.3, -0.25) is 14.5 Å². The molecular formula is C21H34N2O5. The molecule has 0 radical (unpaired) electrons. The van der Waals surface area contributed by atoms with Crippen LogP contribution in [0.3, 0.4) is 0 Å². The van der Waals surface area contributed by atoms with Crippen molar-refractivity contribution in [2.24, 2.45) is 0 Å². The summed E-state index contributed by atoms with van der Waals surface area (Å²) in [5.41, 5.74) is 0.528. The maximum atomic E-state index is 12.7. The van der Waals surface area contributed by atoms with Gasteiger partial charge in [0.15, 0.2) is 11.5 Å². The predicted octanol–water partition coefficient (Wildman–Crippen LogP) is 3.51. The molecule has 1 aromatic rings. The predicted molar refractivity (Wildman–Crippen MR) is 111 cm³/mol. The maximum Gasteiger partial charge on any atom is 0.226 e. The molecular weight excluding hydrogens is 360 g/mol. The molecule has 1 amide bonds. The van der Waals surface area contributed by atoms with Crippen molar-refractivity contribution in [1.82, 2.24) is 4.90 Å². The van der Waals surface area contributed by atoms with Crippen LogP contribution in [-0.2, 0) is 9.59 Å². The van der Waals surface area contributed by atoms with E-state index in [9.17, 15) is 9.59 Å². The number of hydrogen-bond acceptors (Lipinski definition) is 6. The van der Waals surface area contributed by atoms with Crippen LogP contribution >= 0.6 is 0 Å². The highest BCUT2D eigenvalue weighted by Crippen LogP contribution is 2.39. The Hall–Kier alpha value is -2.28. The monoisotopic (exact) mass is 394 g/mol. The maximum absolute atomic E-state index is 12.7. The Balaban J connectivity index is 3.01. The molecule has 0 fully saturated rings. The minimum Gasteiger partial charge on any atom is -0.493 e. The number of nitrogens with zero attached hydrogens (tertiary/aromatic N) is 1. The Labute approximate surface area is 168 Å². The van der Waals surface area contributed by atoms with Gasteiger partial charge in [-0.05, 0) is 25.9 Å². The minimum atomic E-state index is -0.410. The van der Waals surface area contributed by atoms with Crippen molar-refractivity contribution in [2.45, 2.75) is 52.5 Å². The summed E-state index contributed by atoms with van der Waals surface area (Å²) in [5, 5.41) is 2.86. The molecule has 158 valence electrons. The SMILES string of the molecule is CCCC(=O)C(CC(=O)Nc1cc(OC)c(OC)c(OC)c1)N(CC)CCC. The van der Waals surface area contributed by atoms with E-state index in [1.54, 1.807) is 12.1 Å². The first-order valence-electron chi connectivity index (χ1n) is 9.82. The summed E-state index contributed by atoms with van der Waals surface area (Å²) < 4.78 is 15.9. The molecule has 1 rings (SSSR count). The molecule has 0 aromatic heterocycles. The van der Waals surface area contributed by atoms with Gasteiger partial charge in [0.25, 0.3) is 0 Å². The molecule has 0 aliphatic heterocycles. The molecule has 0 saturated carbocycles.